The number of nitrogens with one attached hydrogen (secondary N) is 2. The van der Waals surface area contributed by atoms with Crippen LogP contribution in [0.3, 0.4) is 0 Å². The molecule has 1 amide bonds. The summed E-state index contributed by atoms with van der Waals surface area (Å²) in [6, 6.07) is 4.95. The quantitative estimate of drug-likeness (QED) is 0.565. The summed E-state index contributed by atoms with van der Waals surface area (Å²) in [6.07, 6.45) is 0. The first-order valence-corrected chi connectivity index (χ1v) is 9.54. The number of hydrogen-bond acceptors (Lipinski definition) is 5. The van der Waals surface area contributed by atoms with Crippen molar-refractivity contribution in [2.24, 2.45) is 14.1 Å². The van der Waals surface area contributed by atoms with E-state index in [0.717, 1.165) is 4.57 Å². The molecule has 11 heteroatoms. The Labute approximate surface area is 175 Å². The van der Waals surface area contributed by atoms with Crippen molar-refractivity contribution in [2.45, 2.75) is 13.5 Å². The van der Waals surface area contributed by atoms with Crippen molar-refractivity contribution >= 4 is 46.2 Å². The Balaban J connectivity index is 2.01. The van der Waals surface area contributed by atoms with E-state index in [1.54, 1.807) is 36.9 Å². The number of fused-ring (bicyclic) bond motifs is 1. The van der Waals surface area contributed by atoms with Crippen LogP contribution in [0.5, 0.6) is 0 Å². The Morgan fingerprint density at radius 3 is 2.48 bits per heavy atom. The molecule has 0 saturated heterocycles. The number of aryl methyl sites for hydroxylation is 2. The summed E-state index contributed by atoms with van der Waals surface area (Å²) >= 11 is 12.0. The molecule has 0 aliphatic heterocycles. The third-order valence-electron chi connectivity index (χ3n) is 4.47. The fourth-order valence-electron chi connectivity index (χ4n) is 2.97. The first-order chi connectivity index (χ1) is 13.7. The van der Waals surface area contributed by atoms with Gasteiger partial charge in [0.2, 0.25) is 11.9 Å². The van der Waals surface area contributed by atoms with E-state index >= 15 is 0 Å². The van der Waals surface area contributed by atoms with Gasteiger partial charge in [-0.15, -0.1) is 0 Å². The van der Waals surface area contributed by atoms with E-state index in [0.29, 0.717) is 34.6 Å². The summed E-state index contributed by atoms with van der Waals surface area (Å²) in [4.78, 5) is 41.2. The van der Waals surface area contributed by atoms with Crippen molar-refractivity contribution in [2.75, 3.05) is 18.4 Å². The normalized spacial score (nSPS) is 11.1. The molecule has 0 radical (unpaired) electrons. The van der Waals surface area contributed by atoms with Gasteiger partial charge < -0.3 is 15.2 Å². The summed E-state index contributed by atoms with van der Waals surface area (Å²) < 4.78 is 4.05. The summed E-state index contributed by atoms with van der Waals surface area (Å²) in [5.41, 5.74) is 0.286. The van der Waals surface area contributed by atoms with Crippen molar-refractivity contribution < 1.29 is 4.79 Å². The van der Waals surface area contributed by atoms with Gasteiger partial charge in [-0.05, 0) is 17.7 Å². The third kappa shape index (κ3) is 4.15. The van der Waals surface area contributed by atoms with Gasteiger partial charge in [-0.3, -0.25) is 18.7 Å². The van der Waals surface area contributed by atoms with Gasteiger partial charge in [0, 0.05) is 34.1 Å². The molecule has 3 rings (SSSR count). The van der Waals surface area contributed by atoms with Crippen LogP contribution in [0.2, 0.25) is 10.0 Å². The molecule has 0 aliphatic rings. The first kappa shape index (κ1) is 20.9. The average molecular weight is 439 g/mol. The van der Waals surface area contributed by atoms with Gasteiger partial charge in [0.15, 0.2) is 11.2 Å². The monoisotopic (exact) mass is 438 g/mol. The zero-order valence-corrected chi connectivity index (χ0v) is 17.6. The Bertz CT molecular complexity index is 1210. The highest BCUT2D eigenvalue weighted by Gasteiger charge is 2.18. The zero-order chi connectivity index (χ0) is 21.3. The minimum atomic E-state index is -0.489. The minimum absolute atomic E-state index is 0.0504. The molecular formula is C18H20Cl2N6O3. The number of carbonyl (C=O) groups excluding carboxylic acids is 1. The van der Waals surface area contributed by atoms with E-state index in [2.05, 4.69) is 15.6 Å². The highest BCUT2D eigenvalue weighted by atomic mass is 35.5. The summed E-state index contributed by atoms with van der Waals surface area (Å²) in [5.74, 6) is 0.286. The lowest BCUT2D eigenvalue weighted by Gasteiger charge is -2.09. The fraction of sp³-hybridized carbons (Fsp3) is 0.333. The molecule has 0 fully saturated rings. The Kier molecular flexibility index (Phi) is 5.99. The second-order valence-corrected chi connectivity index (χ2v) is 7.37. The molecule has 0 aliphatic carbocycles. The van der Waals surface area contributed by atoms with Crippen LogP contribution >= 0.6 is 23.2 Å². The van der Waals surface area contributed by atoms with Crippen molar-refractivity contribution in [3.63, 3.8) is 0 Å². The van der Waals surface area contributed by atoms with Gasteiger partial charge in [0.25, 0.3) is 5.56 Å². The standard InChI is InChI=1S/C18H20Cl2N6O3/c1-10(27)21-6-7-22-17-23-15-14(24(17)2)16(28)26(18(29)25(15)3)9-11-4-5-12(19)13(20)8-11/h4-5,8H,6-7,9H2,1-3H3,(H,21,27)(H,22,23). The number of carbonyl (C=O) groups is 1. The van der Waals surface area contributed by atoms with E-state index in [1.807, 2.05) is 0 Å². The van der Waals surface area contributed by atoms with E-state index in [-0.39, 0.29) is 23.6 Å². The number of halogens is 2. The molecule has 1 aromatic carbocycles. The number of nitrogens with zero attached hydrogens (tertiary/aromatic N) is 4. The Morgan fingerprint density at radius 2 is 1.83 bits per heavy atom. The predicted molar refractivity (Wildman–Crippen MR) is 113 cm³/mol. The molecule has 154 valence electrons. The number of aromatic nitrogens is 4. The van der Waals surface area contributed by atoms with Gasteiger partial charge in [-0.2, -0.15) is 4.98 Å². The molecule has 2 aromatic heterocycles. The third-order valence-corrected chi connectivity index (χ3v) is 5.21. The molecule has 0 atom stereocenters. The first-order valence-electron chi connectivity index (χ1n) is 8.79. The maximum absolute atomic E-state index is 13.1. The lowest BCUT2D eigenvalue weighted by Crippen LogP contribution is -2.39. The van der Waals surface area contributed by atoms with Crippen LogP contribution in [0.25, 0.3) is 11.2 Å². The van der Waals surface area contributed by atoms with Crippen LogP contribution < -0.4 is 21.9 Å². The van der Waals surface area contributed by atoms with Crippen LogP contribution in [-0.4, -0.2) is 37.7 Å². The van der Waals surface area contributed by atoms with E-state index in [1.165, 1.54) is 11.5 Å². The maximum atomic E-state index is 13.1. The number of amides is 1. The van der Waals surface area contributed by atoms with Gasteiger partial charge >= 0.3 is 5.69 Å². The minimum Gasteiger partial charge on any atom is -0.355 e. The number of rotatable bonds is 6. The molecule has 29 heavy (non-hydrogen) atoms. The number of benzene rings is 1. The smallest absolute Gasteiger partial charge is 0.332 e. The largest absolute Gasteiger partial charge is 0.355 e. The SMILES string of the molecule is CC(=O)NCCNc1nc2c(c(=O)n(Cc3ccc(Cl)c(Cl)c3)c(=O)n2C)n1C. The number of anilines is 1. The molecule has 3 aromatic rings. The molecule has 0 unspecified atom stereocenters. The topological polar surface area (TPSA) is 103 Å². The van der Waals surface area contributed by atoms with Gasteiger partial charge in [-0.25, -0.2) is 4.79 Å². The number of hydrogen-bond donors (Lipinski definition) is 2. The summed E-state index contributed by atoms with van der Waals surface area (Å²) in [6.45, 7) is 2.30. The van der Waals surface area contributed by atoms with Crippen molar-refractivity contribution in [1.29, 1.82) is 0 Å². The van der Waals surface area contributed by atoms with Crippen LogP contribution in [0.1, 0.15) is 12.5 Å². The molecule has 2 N–H and O–H groups in total. The summed E-state index contributed by atoms with van der Waals surface area (Å²) in [5, 5.41) is 6.47. The highest BCUT2D eigenvalue weighted by Crippen LogP contribution is 2.22. The lowest BCUT2D eigenvalue weighted by atomic mass is 10.2. The van der Waals surface area contributed by atoms with E-state index < -0.39 is 11.2 Å². The lowest BCUT2D eigenvalue weighted by molar-refractivity contribution is -0.118. The van der Waals surface area contributed by atoms with Crippen molar-refractivity contribution in [3.05, 3.63) is 54.6 Å². The molecule has 9 nitrogen and oxygen atoms in total. The summed E-state index contributed by atoms with van der Waals surface area (Å²) in [7, 11) is 3.25. The van der Waals surface area contributed by atoms with Crippen LogP contribution in [0.15, 0.2) is 27.8 Å². The predicted octanol–water partition coefficient (Wildman–Crippen LogP) is 1.34. The maximum Gasteiger partial charge on any atom is 0.332 e. The highest BCUT2D eigenvalue weighted by molar-refractivity contribution is 6.42. The van der Waals surface area contributed by atoms with Crippen LogP contribution in [0, 0.1) is 0 Å². The average Bonchev–Trinajstić information content (AvgIpc) is 3.00. The van der Waals surface area contributed by atoms with Crippen molar-refractivity contribution in [3.8, 4) is 0 Å². The van der Waals surface area contributed by atoms with Gasteiger partial charge in [0.05, 0.1) is 16.6 Å². The molecule has 0 saturated carbocycles. The zero-order valence-electron chi connectivity index (χ0n) is 16.1. The fourth-order valence-corrected chi connectivity index (χ4v) is 3.30. The van der Waals surface area contributed by atoms with Crippen LogP contribution in [-0.2, 0) is 25.4 Å². The van der Waals surface area contributed by atoms with Crippen LogP contribution in [0.4, 0.5) is 5.95 Å². The van der Waals surface area contributed by atoms with E-state index in [4.69, 9.17) is 23.2 Å². The second-order valence-electron chi connectivity index (χ2n) is 6.56. The Morgan fingerprint density at radius 1 is 1.10 bits per heavy atom. The second kappa shape index (κ2) is 8.30. The van der Waals surface area contributed by atoms with E-state index in [9.17, 15) is 14.4 Å². The molecule has 0 bridgehead atoms. The van der Waals surface area contributed by atoms with Gasteiger partial charge in [0.1, 0.15) is 0 Å². The Hall–Kier alpha value is -2.78. The molecule has 0 spiro atoms. The number of imidazole rings is 1. The van der Waals surface area contributed by atoms with Crippen molar-refractivity contribution in [1.82, 2.24) is 24.0 Å². The molecular weight excluding hydrogens is 419 g/mol. The van der Waals surface area contributed by atoms with Gasteiger partial charge in [-0.1, -0.05) is 29.3 Å². The molecule has 2 heterocycles.